The van der Waals surface area contributed by atoms with Crippen molar-refractivity contribution < 1.29 is 14.3 Å². The number of carbonyl (C=O) groups is 2. The minimum atomic E-state index is -0.516. The van der Waals surface area contributed by atoms with Gasteiger partial charge < -0.3 is 19.9 Å². The highest BCUT2D eigenvalue weighted by Gasteiger charge is 2.36. The highest BCUT2D eigenvalue weighted by molar-refractivity contribution is 6.45. The first-order valence-electron chi connectivity index (χ1n) is 8.38. The van der Waals surface area contributed by atoms with E-state index in [0.29, 0.717) is 22.6 Å². The number of nitrogens with zero attached hydrogens (tertiary/aromatic N) is 1. The second-order valence-electron chi connectivity index (χ2n) is 6.66. The molecule has 1 atom stereocenters. The largest absolute Gasteiger partial charge is 0.497 e. The van der Waals surface area contributed by atoms with Crippen LogP contribution in [0.2, 0.25) is 0 Å². The normalized spacial score (nSPS) is 25.6. The maximum absolute atomic E-state index is 12.6. The molecule has 4 heterocycles. The lowest BCUT2D eigenvalue weighted by Gasteiger charge is -2.44. The summed E-state index contributed by atoms with van der Waals surface area (Å²) in [7, 11) is 1.58. The molecule has 2 aromatic rings. The molecule has 3 saturated heterocycles. The smallest absolute Gasteiger partial charge is 0.292 e. The van der Waals surface area contributed by atoms with Crippen molar-refractivity contribution >= 4 is 22.6 Å². The SMILES string of the molecule is COc1ccc2[nH]cc(C(=O)C(=O)N[C@@H]3CN4CCC3CC4)c2c1. The average molecular weight is 327 g/mol. The molecule has 2 bridgehead atoms. The molecule has 6 heteroatoms. The Bertz CT molecular complexity index is 790. The van der Waals surface area contributed by atoms with E-state index < -0.39 is 11.7 Å². The van der Waals surface area contributed by atoms with E-state index in [1.807, 2.05) is 12.1 Å². The standard InChI is InChI=1S/C18H21N3O3/c1-24-12-2-3-15-13(8-12)14(9-19-15)17(22)18(23)20-16-10-21-6-4-11(16)5-7-21/h2-3,8-9,11,16,19H,4-7,10H2,1H3,(H,20,23)/t16-/m1/s1. The van der Waals surface area contributed by atoms with Crippen molar-refractivity contribution in [3.63, 3.8) is 0 Å². The zero-order chi connectivity index (χ0) is 16.7. The Kier molecular flexibility index (Phi) is 3.76. The van der Waals surface area contributed by atoms with Gasteiger partial charge in [0.1, 0.15) is 5.75 Å². The number of nitrogens with one attached hydrogen (secondary N) is 2. The number of Topliss-reactive ketones (excluding diaryl/α,β-unsaturated/α-hetero) is 1. The van der Waals surface area contributed by atoms with Crippen molar-refractivity contribution in [2.24, 2.45) is 5.92 Å². The van der Waals surface area contributed by atoms with E-state index in [-0.39, 0.29) is 6.04 Å². The molecule has 2 N–H and O–H groups in total. The first-order valence-corrected chi connectivity index (χ1v) is 8.38. The first kappa shape index (κ1) is 15.2. The second-order valence-corrected chi connectivity index (χ2v) is 6.66. The van der Waals surface area contributed by atoms with Crippen LogP contribution in [0.15, 0.2) is 24.4 Å². The number of aromatic nitrogens is 1. The summed E-state index contributed by atoms with van der Waals surface area (Å²) in [6.45, 7) is 3.06. The summed E-state index contributed by atoms with van der Waals surface area (Å²) in [5, 5.41) is 3.67. The molecule has 3 aliphatic rings. The molecule has 126 valence electrons. The third kappa shape index (κ3) is 2.57. The van der Waals surface area contributed by atoms with E-state index in [0.717, 1.165) is 38.0 Å². The lowest BCUT2D eigenvalue weighted by Crippen LogP contribution is -2.58. The van der Waals surface area contributed by atoms with Gasteiger partial charge >= 0.3 is 0 Å². The van der Waals surface area contributed by atoms with E-state index in [1.165, 1.54) is 0 Å². The summed E-state index contributed by atoms with van der Waals surface area (Å²) in [6.07, 6.45) is 3.80. The number of ketones is 1. The summed E-state index contributed by atoms with van der Waals surface area (Å²) >= 11 is 0. The number of hydrogen-bond acceptors (Lipinski definition) is 4. The summed E-state index contributed by atoms with van der Waals surface area (Å²) in [6, 6.07) is 5.53. The Morgan fingerprint density at radius 3 is 2.75 bits per heavy atom. The molecule has 1 amide bonds. The van der Waals surface area contributed by atoms with Gasteiger partial charge in [-0.25, -0.2) is 0 Å². The van der Waals surface area contributed by atoms with Gasteiger partial charge in [-0.2, -0.15) is 0 Å². The Labute approximate surface area is 140 Å². The Morgan fingerprint density at radius 2 is 2.08 bits per heavy atom. The molecule has 3 fully saturated rings. The first-order chi connectivity index (χ1) is 11.7. The van der Waals surface area contributed by atoms with Crippen molar-refractivity contribution in [2.75, 3.05) is 26.7 Å². The van der Waals surface area contributed by atoms with Gasteiger partial charge in [-0.05, 0) is 50.0 Å². The van der Waals surface area contributed by atoms with E-state index in [4.69, 9.17) is 4.74 Å². The van der Waals surface area contributed by atoms with Crippen LogP contribution in [0.25, 0.3) is 10.9 Å². The minimum absolute atomic E-state index is 0.0868. The Morgan fingerprint density at radius 1 is 1.29 bits per heavy atom. The number of H-pyrrole nitrogens is 1. The van der Waals surface area contributed by atoms with Crippen LogP contribution in [0.5, 0.6) is 5.75 Å². The summed E-state index contributed by atoms with van der Waals surface area (Å²) in [5.74, 6) is 0.146. The molecule has 0 spiro atoms. The fraction of sp³-hybridized carbons (Fsp3) is 0.444. The van der Waals surface area contributed by atoms with Gasteiger partial charge in [0.25, 0.3) is 11.7 Å². The second kappa shape index (κ2) is 5.94. The molecule has 24 heavy (non-hydrogen) atoms. The Hall–Kier alpha value is -2.34. The number of ether oxygens (including phenoxy) is 1. The summed E-state index contributed by atoms with van der Waals surface area (Å²) in [4.78, 5) is 30.5. The van der Waals surface area contributed by atoms with Gasteiger partial charge in [0.15, 0.2) is 0 Å². The Balaban J connectivity index is 1.54. The number of fused-ring (bicyclic) bond motifs is 4. The van der Waals surface area contributed by atoms with Gasteiger partial charge in [-0.3, -0.25) is 9.59 Å². The zero-order valence-corrected chi connectivity index (χ0v) is 13.7. The van der Waals surface area contributed by atoms with Crippen LogP contribution < -0.4 is 10.1 Å². The van der Waals surface area contributed by atoms with Gasteiger partial charge in [-0.1, -0.05) is 0 Å². The molecule has 3 aliphatic heterocycles. The van der Waals surface area contributed by atoms with Crippen LogP contribution in [-0.4, -0.2) is 54.4 Å². The van der Waals surface area contributed by atoms with Crippen molar-refractivity contribution in [2.45, 2.75) is 18.9 Å². The van der Waals surface area contributed by atoms with Crippen molar-refractivity contribution in [1.29, 1.82) is 0 Å². The third-order valence-electron chi connectivity index (χ3n) is 5.31. The fourth-order valence-electron chi connectivity index (χ4n) is 3.90. The average Bonchev–Trinajstić information content (AvgIpc) is 3.05. The zero-order valence-electron chi connectivity index (χ0n) is 13.7. The minimum Gasteiger partial charge on any atom is -0.497 e. The topological polar surface area (TPSA) is 74.4 Å². The van der Waals surface area contributed by atoms with Gasteiger partial charge in [0.05, 0.1) is 12.7 Å². The van der Waals surface area contributed by atoms with Gasteiger partial charge in [0.2, 0.25) is 0 Å². The lowest BCUT2D eigenvalue weighted by atomic mass is 9.84. The molecule has 1 aromatic heterocycles. The number of carbonyl (C=O) groups excluding carboxylic acids is 2. The predicted octanol–water partition coefficient (Wildman–Crippen LogP) is 1.57. The maximum Gasteiger partial charge on any atom is 0.292 e. The molecular formula is C18H21N3O3. The molecule has 5 rings (SSSR count). The van der Waals surface area contributed by atoms with E-state index >= 15 is 0 Å². The summed E-state index contributed by atoms with van der Waals surface area (Å²) < 4.78 is 5.21. The number of aromatic amines is 1. The number of methoxy groups -OCH3 is 1. The monoisotopic (exact) mass is 327 g/mol. The van der Waals surface area contributed by atoms with Crippen LogP contribution in [-0.2, 0) is 4.79 Å². The fourth-order valence-corrected chi connectivity index (χ4v) is 3.90. The van der Waals surface area contributed by atoms with E-state index in [2.05, 4.69) is 15.2 Å². The van der Waals surface area contributed by atoms with Gasteiger partial charge in [0, 0.05) is 29.7 Å². The number of amides is 1. The molecule has 6 nitrogen and oxygen atoms in total. The third-order valence-corrected chi connectivity index (χ3v) is 5.31. The number of hydrogen-bond donors (Lipinski definition) is 2. The highest BCUT2D eigenvalue weighted by atomic mass is 16.5. The van der Waals surface area contributed by atoms with Crippen molar-refractivity contribution in [1.82, 2.24) is 15.2 Å². The predicted molar refractivity (Wildman–Crippen MR) is 90.3 cm³/mol. The maximum atomic E-state index is 12.6. The van der Waals surface area contributed by atoms with Crippen LogP contribution in [0.1, 0.15) is 23.2 Å². The van der Waals surface area contributed by atoms with Crippen LogP contribution in [0.4, 0.5) is 0 Å². The number of piperidine rings is 3. The molecule has 0 aliphatic carbocycles. The molecule has 0 saturated carbocycles. The number of rotatable bonds is 4. The lowest BCUT2D eigenvalue weighted by molar-refractivity contribution is -0.119. The van der Waals surface area contributed by atoms with Crippen LogP contribution >= 0.6 is 0 Å². The number of benzene rings is 1. The molecule has 0 unspecified atom stereocenters. The molecular weight excluding hydrogens is 306 g/mol. The van der Waals surface area contributed by atoms with Crippen LogP contribution in [0, 0.1) is 5.92 Å². The van der Waals surface area contributed by atoms with E-state index in [1.54, 1.807) is 19.4 Å². The van der Waals surface area contributed by atoms with E-state index in [9.17, 15) is 9.59 Å². The quantitative estimate of drug-likeness (QED) is 0.660. The van der Waals surface area contributed by atoms with Crippen LogP contribution in [0.3, 0.4) is 0 Å². The van der Waals surface area contributed by atoms with Crippen molar-refractivity contribution in [3.8, 4) is 5.75 Å². The van der Waals surface area contributed by atoms with Crippen molar-refractivity contribution in [3.05, 3.63) is 30.0 Å². The molecule has 1 aromatic carbocycles. The highest BCUT2D eigenvalue weighted by Crippen LogP contribution is 2.28. The molecule has 0 radical (unpaired) electrons. The van der Waals surface area contributed by atoms with Gasteiger partial charge in [-0.15, -0.1) is 0 Å². The summed E-state index contributed by atoms with van der Waals surface area (Å²) in [5.41, 5.74) is 1.21.